The molecule has 0 unspecified atom stereocenters. The van der Waals surface area contributed by atoms with E-state index in [0.29, 0.717) is 15.2 Å². The maximum atomic E-state index is 13.1. The van der Waals surface area contributed by atoms with Crippen LogP contribution in [-0.4, -0.2) is 23.7 Å². The second-order valence-corrected chi connectivity index (χ2v) is 6.69. The molecule has 0 bridgehead atoms. The molecule has 0 atom stereocenters. The number of carbonyl (C=O) groups excluding carboxylic acids is 1. The molecule has 0 aliphatic rings. The molecule has 0 saturated heterocycles. The minimum atomic E-state index is -0.351. The number of thiazole rings is 1. The van der Waals surface area contributed by atoms with Crippen molar-refractivity contribution in [3.05, 3.63) is 58.3 Å². The van der Waals surface area contributed by atoms with Crippen LogP contribution in [-0.2, 0) is 4.79 Å². The van der Waals surface area contributed by atoms with E-state index in [1.807, 2.05) is 24.3 Å². The highest BCUT2D eigenvalue weighted by atomic mass is 79.9. The summed E-state index contributed by atoms with van der Waals surface area (Å²) in [7, 11) is 0. The molecular weight excluding hydrogens is 395 g/mol. The summed E-state index contributed by atoms with van der Waals surface area (Å²) in [6.45, 7) is 0.0598. The van der Waals surface area contributed by atoms with Crippen molar-refractivity contribution >= 4 is 54.7 Å². The second kappa shape index (κ2) is 7.50. The number of rotatable bonds is 5. The zero-order valence-corrected chi connectivity index (χ0v) is 14.7. The van der Waals surface area contributed by atoms with E-state index in [0.717, 1.165) is 10.2 Å². The number of nitrogens with one attached hydrogen (secondary N) is 2. The number of para-hydroxylation sites is 1. The number of benzene rings is 2. The lowest BCUT2D eigenvalue weighted by atomic mass is 10.2. The van der Waals surface area contributed by atoms with Crippen molar-refractivity contribution in [1.29, 1.82) is 0 Å². The largest absolute Gasteiger partial charge is 0.352 e. The summed E-state index contributed by atoms with van der Waals surface area (Å²) >= 11 is 4.57. The van der Waals surface area contributed by atoms with Crippen LogP contribution >= 0.6 is 27.3 Å². The number of hydrogen-bond donors (Lipinski definition) is 2. The smallest absolute Gasteiger partial charge is 0.259 e. The molecule has 3 aromatic rings. The second-order valence-electron chi connectivity index (χ2n) is 4.81. The number of fused-ring (bicyclic) bond motifs is 1. The van der Waals surface area contributed by atoms with Crippen LogP contribution in [0.3, 0.4) is 0 Å². The van der Waals surface area contributed by atoms with Crippen LogP contribution in [0.25, 0.3) is 10.2 Å². The van der Waals surface area contributed by atoms with Crippen molar-refractivity contribution in [2.75, 3.05) is 11.9 Å². The monoisotopic (exact) mass is 406 g/mol. The van der Waals surface area contributed by atoms with Crippen LogP contribution < -0.4 is 10.7 Å². The summed E-state index contributed by atoms with van der Waals surface area (Å²) < 4.78 is 14.5. The number of amides is 1. The van der Waals surface area contributed by atoms with Gasteiger partial charge in [-0.05, 0) is 45.8 Å². The van der Waals surface area contributed by atoms with Crippen LogP contribution in [0.5, 0.6) is 0 Å². The number of nitrogens with zero attached hydrogens (tertiary/aromatic N) is 2. The van der Waals surface area contributed by atoms with Gasteiger partial charge < -0.3 is 5.32 Å². The van der Waals surface area contributed by atoms with Crippen molar-refractivity contribution in [3.8, 4) is 0 Å². The van der Waals surface area contributed by atoms with Gasteiger partial charge in [-0.15, -0.1) is 0 Å². The minimum absolute atomic E-state index is 0.0598. The highest BCUT2D eigenvalue weighted by molar-refractivity contribution is 9.10. The average molecular weight is 407 g/mol. The summed E-state index contributed by atoms with van der Waals surface area (Å²) in [5.41, 5.74) is 3.97. The standard InChI is InChI=1S/C16H12BrFN4OS/c17-11-7-10(5-6-12(11)18)8-20-22-15(23)9-19-16-21-13-3-1-2-4-14(13)24-16/h1-8H,9H2,(H,19,21)(H,22,23)/b20-8-. The van der Waals surface area contributed by atoms with E-state index in [1.54, 1.807) is 12.1 Å². The molecule has 0 fully saturated rings. The zero-order chi connectivity index (χ0) is 16.9. The lowest BCUT2D eigenvalue weighted by Crippen LogP contribution is -2.25. The van der Waals surface area contributed by atoms with Crippen LogP contribution in [0.4, 0.5) is 9.52 Å². The first-order chi connectivity index (χ1) is 11.6. The first kappa shape index (κ1) is 16.5. The van der Waals surface area contributed by atoms with Crippen molar-refractivity contribution in [2.24, 2.45) is 5.10 Å². The maximum Gasteiger partial charge on any atom is 0.259 e. The van der Waals surface area contributed by atoms with Gasteiger partial charge in [-0.2, -0.15) is 5.10 Å². The molecule has 0 aliphatic heterocycles. The van der Waals surface area contributed by atoms with Gasteiger partial charge in [-0.3, -0.25) is 4.79 Å². The summed E-state index contributed by atoms with van der Waals surface area (Å²) in [4.78, 5) is 16.1. The Morgan fingerprint density at radius 1 is 1.33 bits per heavy atom. The predicted octanol–water partition coefficient (Wildman–Crippen LogP) is 3.76. The molecule has 2 aromatic carbocycles. The molecule has 5 nitrogen and oxygen atoms in total. The fourth-order valence-corrected chi connectivity index (χ4v) is 3.17. The highest BCUT2D eigenvalue weighted by Crippen LogP contribution is 2.24. The van der Waals surface area contributed by atoms with Gasteiger partial charge in [0.1, 0.15) is 5.82 Å². The maximum absolute atomic E-state index is 13.1. The highest BCUT2D eigenvalue weighted by Gasteiger charge is 2.05. The Morgan fingerprint density at radius 2 is 2.17 bits per heavy atom. The van der Waals surface area contributed by atoms with E-state index < -0.39 is 0 Å². The third-order valence-electron chi connectivity index (χ3n) is 3.04. The molecule has 2 N–H and O–H groups in total. The van der Waals surface area contributed by atoms with Crippen molar-refractivity contribution in [2.45, 2.75) is 0 Å². The Kier molecular flexibility index (Phi) is 5.17. The number of anilines is 1. The number of carbonyl (C=O) groups is 1. The van der Waals surface area contributed by atoms with Crippen molar-refractivity contribution in [3.63, 3.8) is 0 Å². The normalized spacial score (nSPS) is 11.1. The molecule has 1 heterocycles. The fraction of sp³-hybridized carbons (Fsp3) is 0.0625. The first-order valence-electron chi connectivity index (χ1n) is 6.98. The Hall–Kier alpha value is -2.32. The lowest BCUT2D eigenvalue weighted by molar-refractivity contribution is -0.119. The Labute approximate surface area is 149 Å². The topological polar surface area (TPSA) is 66.4 Å². The predicted molar refractivity (Wildman–Crippen MR) is 97.9 cm³/mol. The van der Waals surface area contributed by atoms with Gasteiger partial charge in [0.15, 0.2) is 5.13 Å². The molecule has 24 heavy (non-hydrogen) atoms. The Bertz CT molecular complexity index is 879. The number of aromatic nitrogens is 1. The SMILES string of the molecule is O=C(CNc1nc2ccccc2s1)N/N=C\c1ccc(F)c(Br)c1. The van der Waals surface area contributed by atoms with E-state index >= 15 is 0 Å². The summed E-state index contributed by atoms with van der Waals surface area (Å²) in [5.74, 6) is -0.650. The van der Waals surface area contributed by atoms with Crippen LogP contribution in [0, 0.1) is 5.82 Å². The summed E-state index contributed by atoms with van der Waals surface area (Å²) in [6, 6.07) is 12.2. The van der Waals surface area contributed by atoms with Crippen LogP contribution in [0.2, 0.25) is 0 Å². The van der Waals surface area contributed by atoms with Gasteiger partial charge in [0.2, 0.25) is 0 Å². The van der Waals surface area contributed by atoms with Gasteiger partial charge in [-0.25, -0.2) is 14.8 Å². The fourth-order valence-electron chi connectivity index (χ4n) is 1.91. The van der Waals surface area contributed by atoms with E-state index in [1.165, 1.54) is 23.6 Å². The summed E-state index contributed by atoms with van der Waals surface area (Å²) in [6.07, 6.45) is 1.44. The first-order valence-corrected chi connectivity index (χ1v) is 8.59. The Balaban J connectivity index is 1.51. The van der Waals surface area contributed by atoms with E-state index in [2.05, 4.69) is 36.8 Å². The minimum Gasteiger partial charge on any atom is -0.352 e. The quantitative estimate of drug-likeness (QED) is 0.500. The van der Waals surface area contributed by atoms with Crippen LogP contribution in [0.1, 0.15) is 5.56 Å². The number of halogens is 2. The zero-order valence-electron chi connectivity index (χ0n) is 12.3. The van der Waals surface area contributed by atoms with E-state index in [4.69, 9.17) is 0 Å². The molecule has 0 spiro atoms. The number of hydrazone groups is 1. The average Bonchev–Trinajstić information content (AvgIpc) is 2.99. The van der Waals surface area contributed by atoms with Gasteiger partial charge >= 0.3 is 0 Å². The molecule has 3 rings (SSSR count). The molecule has 122 valence electrons. The molecule has 0 radical (unpaired) electrons. The van der Waals surface area contributed by atoms with Gasteiger partial charge in [0.25, 0.3) is 5.91 Å². The molecule has 8 heteroatoms. The molecule has 0 saturated carbocycles. The third kappa shape index (κ3) is 4.15. The molecule has 0 aliphatic carbocycles. The van der Waals surface area contributed by atoms with E-state index in [9.17, 15) is 9.18 Å². The Morgan fingerprint density at radius 3 is 2.96 bits per heavy atom. The van der Waals surface area contributed by atoms with Gasteiger partial charge in [-0.1, -0.05) is 29.5 Å². The molecule has 1 aromatic heterocycles. The van der Waals surface area contributed by atoms with Crippen LogP contribution in [0.15, 0.2) is 52.0 Å². The summed E-state index contributed by atoms with van der Waals surface area (Å²) in [5, 5.41) is 7.48. The molecule has 1 amide bonds. The number of hydrogen-bond acceptors (Lipinski definition) is 5. The molecular formula is C16H12BrFN4OS. The van der Waals surface area contributed by atoms with E-state index in [-0.39, 0.29) is 18.3 Å². The van der Waals surface area contributed by atoms with Crippen molar-refractivity contribution in [1.82, 2.24) is 10.4 Å². The third-order valence-corrected chi connectivity index (χ3v) is 4.64. The lowest BCUT2D eigenvalue weighted by Gasteiger charge is -2.01. The van der Waals surface area contributed by atoms with Gasteiger partial charge in [0.05, 0.1) is 27.4 Å². The van der Waals surface area contributed by atoms with Crippen molar-refractivity contribution < 1.29 is 9.18 Å². The van der Waals surface area contributed by atoms with Gasteiger partial charge in [0, 0.05) is 0 Å².